The summed E-state index contributed by atoms with van der Waals surface area (Å²) in [6.07, 6.45) is 6.42. The summed E-state index contributed by atoms with van der Waals surface area (Å²) in [5.41, 5.74) is 5.53. The first-order chi connectivity index (χ1) is 4.27. The quantitative estimate of drug-likeness (QED) is 0.654. The average molecular weight is 145 g/mol. The summed E-state index contributed by atoms with van der Waals surface area (Å²) in [4.78, 5) is 0. The first-order valence-electron chi connectivity index (χ1n) is 3.20. The lowest BCUT2D eigenvalue weighted by molar-refractivity contribution is 0.676. The SMILES string of the molecule is CS/C=C/CCC(C)N. The van der Waals surface area contributed by atoms with Gasteiger partial charge in [-0.1, -0.05) is 6.08 Å². The van der Waals surface area contributed by atoms with Crippen LogP contribution in [0, 0.1) is 0 Å². The molecule has 54 valence electrons. The highest BCUT2D eigenvalue weighted by Crippen LogP contribution is 1.99. The zero-order valence-corrected chi connectivity index (χ0v) is 6.95. The van der Waals surface area contributed by atoms with Crippen LogP contribution in [0.5, 0.6) is 0 Å². The third kappa shape index (κ3) is 8.05. The smallest absolute Gasteiger partial charge is 0.00134 e. The van der Waals surface area contributed by atoms with Gasteiger partial charge in [0.25, 0.3) is 0 Å². The number of nitrogens with two attached hydrogens (primary N) is 1. The summed E-state index contributed by atoms with van der Waals surface area (Å²) in [6.45, 7) is 2.03. The highest BCUT2D eigenvalue weighted by molar-refractivity contribution is 8.01. The maximum absolute atomic E-state index is 5.53. The molecule has 0 radical (unpaired) electrons. The highest BCUT2D eigenvalue weighted by atomic mass is 32.2. The largest absolute Gasteiger partial charge is 0.328 e. The first-order valence-corrected chi connectivity index (χ1v) is 4.49. The molecule has 9 heavy (non-hydrogen) atoms. The van der Waals surface area contributed by atoms with Crippen molar-refractivity contribution >= 4 is 11.8 Å². The van der Waals surface area contributed by atoms with E-state index in [-0.39, 0.29) is 0 Å². The predicted molar refractivity (Wildman–Crippen MR) is 45.5 cm³/mol. The molecule has 1 unspecified atom stereocenters. The molecule has 0 bridgehead atoms. The van der Waals surface area contributed by atoms with E-state index in [4.69, 9.17) is 5.73 Å². The van der Waals surface area contributed by atoms with E-state index in [1.807, 2.05) is 6.92 Å². The van der Waals surface area contributed by atoms with Gasteiger partial charge in [-0.25, -0.2) is 0 Å². The van der Waals surface area contributed by atoms with Crippen molar-refractivity contribution in [1.29, 1.82) is 0 Å². The van der Waals surface area contributed by atoms with E-state index < -0.39 is 0 Å². The van der Waals surface area contributed by atoms with Gasteiger partial charge in [-0.2, -0.15) is 0 Å². The van der Waals surface area contributed by atoms with Crippen molar-refractivity contribution in [1.82, 2.24) is 0 Å². The van der Waals surface area contributed by atoms with Crippen molar-refractivity contribution in [2.24, 2.45) is 5.73 Å². The van der Waals surface area contributed by atoms with Crippen molar-refractivity contribution in [3.63, 3.8) is 0 Å². The van der Waals surface area contributed by atoms with Gasteiger partial charge in [0, 0.05) is 6.04 Å². The fraction of sp³-hybridized carbons (Fsp3) is 0.714. The van der Waals surface area contributed by atoms with Gasteiger partial charge in [-0.15, -0.1) is 11.8 Å². The third-order valence-electron chi connectivity index (χ3n) is 1.02. The zero-order chi connectivity index (χ0) is 7.11. The van der Waals surface area contributed by atoms with E-state index in [1.54, 1.807) is 11.8 Å². The molecule has 0 aliphatic rings. The second-order valence-corrected chi connectivity index (χ2v) is 2.91. The Morgan fingerprint density at radius 1 is 1.67 bits per heavy atom. The molecule has 0 aromatic heterocycles. The number of thioether (sulfide) groups is 1. The summed E-state index contributed by atoms with van der Waals surface area (Å²) in [7, 11) is 0. The van der Waals surface area contributed by atoms with Gasteiger partial charge in [0.2, 0.25) is 0 Å². The molecule has 0 saturated heterocycles. The zero-order valence-electron chi connectivity index (χ0n) is 6.13. The van der Waals surface area contributed by atoms with E-state index >= 15 is 0 Å². The molecule has 0 saturated carbocycles. The Bertz CT molecular complexity index is 79.0. The van der Waals surface area contributed by atoms with Crippen molar-refractivity contribution in [2.75, 3.05) is 6.26 Å². The van der Waals surface area contributed by atoms with Crippen LogP contribution in [0.15, 0.2) is 11.5 Å². The minimum Gasteiger partial charge on any atom is -0.328 e. The number of rotatable bonds is 4. The van der Waals surface area contributed by atoms with Crippen LogP contribution in [0.1, 0.15) is 19.8 Å². The number of hydrogen-bond donors (Lipinski definition) is 1. The normalized spacial score (nSPS) is 14.6. The van der Waals surface area contributed by atoms with Crippen LogP contribution in [-0.2, 0) is 0 Å². The second-order valence-electron chi connectivity index (χ2n) is 2.16. The van der Waals surface area contributed by atoms with Gasteiger partial charge in [0.05, 0.1) is 0 Å². The molecule has 0 aromatic carbocycles. The summed E-state index contributed by atoms with van der Waals surface area (Å²) in [5.74, 6) is 0. The van der Waals surface area contributed by atoms with Crippen LogP contribution in [0.2, 0.25) is 0 Å². The van der Waals surface area contributed by atoms with Gasteiger partial charge < -0.3 is 5.73 Å². The molecule has 0 spiro atoms. The third-order valence-corrected chi connectivity index (χ3v) is 1.49. The van der Waals surface area contributed by atoms with Gasteiger partial charge >= 0.3 is 0 Å². The van der Waals surface area contributed by atoms with Crippen LogP contribution in [0.3, 0.4) is 0 Å². The lowest BCUT2D eigenvalue weighted by Crippen LogP contribution is -2.13. The Morgan fingerprint density at radius 2 is 2.33 bits per heavy atom. The lowest BCUT2D eigenvalue weighted by Gasteiger charge is -1.98. The average Bonchev–Trinajstić information content (AvgIpc) is 1.80. The summed E-state index contributed by atoms with van der Waals surface area (Å²) in [6, 6.07) is 0.344. The van der Waals surface area contributed by atoms with Gasteiger partial charge in [0.1, 0.15) is 0 Å². The standard InChI is InChI=1S/C7H15NS/c1-7(8)5-3-4-6-9-2/h4,6-7H,3,5,8H2,1-2H3/b6-4+. The molecule has 2 heteroatoms. The van der Waals surface area contributed by atoms with Crippen LogP contribution in [0.25, 0.3) is 0 Å². The van der Waals surface area contributed by atoms with Gasteiger partial charge in [-0.3, -0.25) is 0 Å². The molecule has 2 N–H and O–H groups in total. The van der Waals surface area contributed by atoms with Crippen molar-refractivity contribution in [3.8, 4) is 0 Å². The minimum absolute atomic E-state index is 0.344. The van der Waals surface area contributed by atoms with Crippen molar-refractivity contribution < 1.29 is 0 Å². The van der Waals surface area contributed by atoms with Crippen molar-refractivity contribution in [3.05, 3.63) is 11.5 Å². The number of allylic oxidation sites excluding steroid dienone is 1. The molecule has 0 amide bonds. The number of hydrogen-bond acceptors (Lipinski definition) is 2. The van der Waals surface area contributed by atoms with E-state index in [2.05, 4.69) is 17.7 Å². The van der Waals surface area contributed by atoms with E-state index in [0.29, 0.717) is 6.04 Å². The second kappa shape index (κ2) is 6.17. The maximum atomic E-state index is 5.53. The van der Waals surface area contributed by atoms with Crippen molar-refractivity contribution in [2.45, 2.75) is 25.8 Å². The fourth-order valence-corrected chi connectivity index (χ4v) is 0.852. The Labute approximate surface area is 61.7 Å². The summed E-state index contributed by atoms with van der Waals surface area (Å²) in [5, 5.41) is 2.10. The Morgan fingerprint density at radius 3 is 2.78 bits per heavy atom. The lowest BCUT2D eigenvalue weighted by atomic mass is 10.2. The fourth-order valence-electron chi connectivity index (χ4n) is 0.523. The maximum Gasteiger partial charge on any atom is 0.00134 e. The van der Waals surface area contributed by atoms with E-state index in [1.165, 1.54) is 0 Å². The summed E-state index contributed by atoms with van der Waals surface area (Å²) < 4.78 is 0. The Hall–Kier alpha value is 0.0500. The molecular formula is C7H15NS. The monoisotopic (exact) mass is 145 g/mol. The molecular weight excluding hydrogens is 130 g/mol. The topological polar surface area (TPSA) is 26.0 Å². The minimum atomic E-state index is 0.344. The first kappa shape index (κ1) is 9.05. The summed E-state index contributed by atoms with van der Waals surface area (Å²) >= 11 is 1.73. The molecule has 1 atom stereocenters. The van der Waals surface area contributed by atoms with Crippen LogP contribution in [-0.4, -0.2) is 12.3 Å². The van der Waals surface area contributed by atoms with E-state index in [9.17, 15) is 0 Å². The van der Waals surface area contributed by atoms with Crippen LogP contribution >= 0.6 is 11.8 Å². The van der Waals surface area contributed by atoms with Gasteiger partial charge in [0.15, 0.2) is 0 Å². The highest BCUT2D eigenvalue weighted by Gasteiger charge is 1.88. The molecule has 0 aliphatic carbocycles. The molecule has 0 aromatic rings. The molecule has 0 heterocycles. The molecule has 0 fully saturated rings. The Kier molecular flexibility index (Phi) is 6.21. The van der Waals surface area contributed by atoms with E-state index in [0.717, 1.165) is 12.8 Å². The van der Waals surface area contributed by atoms with Gasteiger partial charge in [-0.05, 0) is 31.4 Å². The predicted octanol–water partition coefficient (Wildman–Crippen LogP) is 1.99. The van der Waals surface area contributed by atoms with Crippen LogP contribution in [0.4, 0.5) is 0 Å². The van der Waals surface area contributed by atoms with Crippen LogP contribution < -0.4 is 5.73 Å². The molecule has 0 rings (SSSR count). The molecule has 1 nitrogen and oxygen atoms in total. The molecule has 0 aliphatic heterocycles. The Balaban J connectivity index is 2.99.